The maximum Gasteiger partial charge on any atom is 0.267 e. The van der Waals surface area contributed by atoms with Gasteiger partial charge in [-0.1, -0.05) is 54.6 Å². The van der Waals surface area contributed by atoms with Crippen LogP contribution in [0.25, 0.3) is 17.2 Å². The van der Waals surface area contributed by atoms with Crippen molar-refractivity contribution in [2.24, 2.45) is 0 Å². The molecular formula is C21H18N2O2S. The van der Waals surface area contributed by atoms with Gasteiger partial charge in [-0.25, -0.2) is 5.48 Å². The molecule has 0 saturated heterocycles. The van der Waals surface area contributed by atoms with Gasteiger partial charge in [0.25, 0.3) is 5.91 Å². The molecule has 0 aliphatic heterocycles. The minimum Gasteiger partial charge on any atom is -0.326 e. The molecule has 0 aliphatic rings. The molecule has 0 saturated carbocycles. The Balaban J connectivity index is 1.57. The van der Waals surface area contributed by atoms with Gasteiger partial charge in [-0.05, 0) is 59.0 Å². The lowest BCUT2D eigenvalue weighted by Gasteiger charge is -2.07. The first kappa shape index (κ1) is 17.8. The van der Waals surface area contributed by atoms with Crippen LogP contribution in [0.2, 0.25) is 0 Å². The van der Waals surface area contributed by atoms with Crippen molar-refractivity contribution in [3.63, 3.8) is 0 Å². The van der Waals surface area contributed by atoms with Crippen molar-refractivity contribution in [2.45, 2.75) is 4.90 Å². The highest BCUT2D eigenvalue weighted by Gasteiger charge is 1.99. The van der Waals surface area contributed by atoms with Crippen LogP contribution in [0, 0.1) is 0 Å². The number of nitrogens with one attached hydrogen (secondary N) is 2. The fourth-order valence-electron chi connectivity index (χ4n) is 2.34. The van der Waals surface area contributed by atoms with E-state index >= 15 is 0 Å². The molecular weight excluding hydrogens is 344 g/mol. The number of hydrogen-bond donors (Lipinski definition) is 3. The maximum absolute atomic E-state index is 11.0. The SMILES string of the molecule is O=C(/C=C/c1ccc(SNc2ccc(-c3ccccc3)cc2)cc1)NO. The highest BCUT2D eigenvalue weighted by Crippen LogP contribution is 2.25. The van der Waals surface area contributed by atoms with Crippen molar-refractivity contribution < 1.29 is 10.0 Å². The van der Waals surface area contributed by atoms with Crippen molar-refractivity contribution in [1.29, 1.82) is 0 Å². The third-order valence-corrected chi connectivity index (χ3v) is 4.54. The van der Waals surface area contributed by atoms with E-state index < -0.39 is 5.91 Å². The smallest absolute Gasteiger partial charge is 0.267 e. The molecule has 130 valence electrons. The number of hydrogen-bond acceptors (Lipinski definition) is 4. The summed E-state index contributed by atoms with van der Waals surface area (Å²) in [4.78, 5) is 12.0. The van der Waals surface area contributed by atoms with Gasteiger partial charge in [-0.15, -0.1) is 0 Å². The average molecular weight is 362 g/mol. The van der Waals surface area contributed by atoms with E-state index in [1.165, 1.54) is 29.2 Å². The minimum absolute atomic E-state index is 0.552. The molecule has 0 fully saturated rings. The van der Waals surface area contributed by atoms with E-state index in [2.05, 4.69) is 41.1 Å². The van der Waals surface area contributed by atoms with Crippen molar-refractivity contribution in [3.05, 3.63) is 90.5 Å². The number of carbonyl (C=O) groups excluding carboxylic acids is 1. The molecule has 1 amide bonds. The first-order chi connectivity index (χ1) is 12.7. The van der Waals surface area contributed by atoms with Gasteiger partial charge in [0.2, 0.25) is 0 Å². The van der Waals surface area contributed by atoms with Crippen LogP contribution in [0.1, 0.15) is 5.56 Å². The lowest BCUT2D eigenvalue weighted by atomic mass is 10.1. The predicted molar refractivity (Wildman–Crippen MR) is 107 cm³/mol. The monoisotopic (exact) mass is 362 g/mol. The van der Waals surface area contributed by atoms with Crippen molar-refractivity contribution in [1.82, 2.24) is 5.48 Å². The fraction of sp³-hybridized carbons (Fsp3) is 0. The number of benzene rings is 3. The lowest BCUT2D eigenvalue weighted by molar-refractivity contribution is -0.124. The van der Waals surface area contributed by atoms with Crippen LogP contribution in [0.15, 0.2) is 89.8 Å². The van der Waals surface area contributed by atoms with Gasteiger partial charge >= 0.3 is 0 Å². The molecule has 0 radical (unpaired) electrons. The quantitative estimate of drug-likeness (QED) is 0.250. The van der Waals surface area contributed by atoms with Crippen LogP contribution in [-0.4, -0.2) is 11.1 Å². The Morgan fingerprint density at radius 3 is 2.15 bits per heavy atom. The summed E-state index contributed by atoms with van der Waals surface area (Å²) in [6, 6.07) is 26.3. The maximum atomic E-state index is 11.0. The van der Waals surface area contributed by atoms with Gasteiger partial charge in [0, 0.05) is 16.7 Å². The Morgan fingerprint density at radius 2 is 1.50 bits per heavy atom. The molecule has 0 heterocycles. The zero-order valence-electron chi connectivity index (χ0n) is 13.9. The Kier molecular flexibility index (Phi) is 6.09. The van der Waals surface area contributed by atoms with E-state index in [9.17, 15) is 4.79 Å². The normalized spacial score (nSPS) is 10.7. The zero-order valence-corrected chi connectivity index (χ0v) is 14.7. The van der Waals surface area contributed by atoms with E-state index in [4.69, 9.17) is 5.21 Å². The molecule has 4 nitrogen and oxygen atoms in total. The number of rotatable bonds is 6. The van der Waals surface area contributed by atoms with Crippen LogP contribution in [0.5, 0.6) is 0 Å². The van der Waals surface area contributed by atoms with E-state index in [0.29, 0.717) is 0 Å². The molecule has 0 atom stereocenters. The van der Waals surface area contributed by atoms with Crippen LogP contribution >= 0.6 is 11.9 Å². The molecule has 0 bridgehead atoms. The average Bonchev–Trinajstić information content (AvgIpc) is 2.72. The van der Waals surface area contributed by atoms with Gasteiger partial charge in [0.05, 0.1) is 0 Å². The van der Waals surface area contributed by atoms with E-state index in [1.54, 1.807) is 11.6 Å². The van der Waals surface area contributed by atoms with E-state index in [-0.39, 0.29) is 0 Å². The lowest BCUT2D eigenvalue weighted by Crippen LogP contribution is -2.14. The number of amides is 1. The Bertz CT molecular complexity index is 876. The molecule has 0 aliphatic carbocycles. The van der Waals surface area contributed by atoms with Crippen LogP contribution in [0.3, 0.4) is 0 Å². The second-order valence-electron chi connectivity index (χ2n) is 5.53. The molecule has 3 N–H and O–H groups in total. The van der Waals surface area contributed by atoms with Gasteiger partial charge < -0.3 is 4.72 Å². The third kappa shape index (κ3) is 4.99. The first-order valence-corrected chi connectivity index (χ1v) is 8.87. The summed E-state index contributed by atoms with van der Waals surface area (Å²) in [5.74, 6) is -0.552. The molecule has 0 spiro atoms. The third-order valence-electron chi connectivity index (χ3n) is 3.70. The molecule has 3 aromatic rings. The van der Waals surface area contributed by atoms with Gasteiger partial charge in [-0.3, -0.25) is 10.0 Å². The highest BCUT2D eigenvalue weighted by molar-refractivity contribution is 8.00. The first-order valence-electron chi connectivity index (χ1n) is 8.05. The summed E-state index contributed by atoms with van der Waals surface area (Å²) in [6.07, 6.45) is 2.91. The van der Waals surface area contributed by atoms with Crippen LogP contribution < -0.4 is 10.2 Å². The molecule has 5 heteroatoms. The standard InChI is InChI=1S/C21H18N2O2S/c24-21(22-25)15-8-16-6-13-20(14-7-16)26-23-19-11-9-18(10-12-19)17-4-2-1-3-5-17/h1-15,23,25H,(H,22,24)/b15-8+. The van der Waals surface area contributed by atoms with Crippen molar-refractivity contribution >= 4 is 29.6 Å². The molecule has 0 unspecified atom stereocenters. The summed E-state index contributed by atoms with van der Waals surface area (Å²) in [5, 5.41) is 8.45. The summed E-state index contributed by atoms with van der Waals surface area (Å²) in [7, 11) is 0. The highest BCUT2D eigenvalue weighted by atomic mass is 32.2. The molecule has 26 heavy (non-hydrogen) atoms. The second-order valence-corrected chi connectivity index (χ2v) is 6.41. The summed E-state index contributed by atoms with van der Waals surface area (Å²) >= 11 is 1.52. The predicted octanol–water partition coefficient (Wildman–Crippen LogP) is 4.99. The summed E-state index contributed by atoms with van der Waals surface area (Å²) < 4.78 is 3.32. The van der Waals surface area contributed by atoms with Crippen LogP contribution in [0.4, 0.5) is 5.69 Å². The Hall–Kier alpha value is -3.02. The molecule has 3 rings (SSSR count). The number of carbonyl (C=O) groups is 1. The van der Waals surface area contributed by atoms with Gasteiger partial charge in [-0.2, -0.15) is 0 Å². The van der Waals surface area contributed by atoms with Gasteiger partial charge in [0.1, 0.15) is 0 Å². The summed E-state index contributed by atoms with van der Waals surface area (Å²) in [5.41, 5.74) is 5.85. The fourth-order valence-corrected chi connectivity index (χ4v) is 2.98. The second kappa shape index (κ2) is 8.89. The van der Waals surface area contributed by atoms with Crippen molar-refractivity contribution in [3.8, 4) is 11.1 Å². The largest absolute Gasteiger partial charge is 0.326 e. The molecule has 3 aromatic carbocycles. The van der Waals surface area contributed by atoms with Gasteiger partial charge in [0.15, 0.2) is 0 Å². The Morgan fingerprint density at radius 1 is 0.846 bits per heavy atom. The van der Waals surface area contributed by atoms with Crippen LogP contribution in [-0.2, 0) is 4.79 Å². The van der Waals surface area contributed by atoms with E-state index in [0.717, 1.165) is 16.1 Å². The number of hydroxylamine groups is 1. The zero-order chi connectivity index (χ0) is 18.2. The minimum atomic E-state index is -0.552. The Labute approximate surface area is 156 Å². The van der Waals surface area contributed by atoms with Crippen molar-refractivity contribution in [2.75, 3.05) is 4.72 Å². The molecule has 0 aromatic heterocycles. The summed E-state index contributed by atoms with van der Waals surface area (Å²) in [6.45, 7) is 0. The topological polar surface area (TPSA) is 61.4 Å². The van der Waals surface area contributed by atoms with E-state index in [1.807, 2.05) is 42.5 Å². The number of anilines is 1.